The molecule has 0 spiro atoms. The molecule has 0 aromatic heterocycles. The summed E-state index contributed by atoms with van der Waals surface area (Å²) >= 11 is 0. The summed E-state index contributed by atoms with van der Waals surface area (Å²) in [6.45, 7) is 1.99. The van der Waals surface area contributed by atoms with Crippen molar-refractivity contribution in [1.82, 2.24) is 4.31 Å². The summed E-state index contributed by atoms with van der Waals surface area (Å²) in [6.07, 6.45) is 0.882. The van der Waals surface area contributed by atoms with E-state index in [1.807, 2.05) is 0 Å². The Balaban J connectivity index is 2.50. The van der Waals surface area contributed by atoms with Gasteiger partial charge in [-0.2, -0.15) is 4.31 Å². The number of hydrogen-bond acceptors (Lipinski definition) is 4. The molecular weight excluding hydrogens is 282 g/mol. The Morgan fingerprint density at radius 2 is 2.15 bits per heavy atom. The van der Waals surface area contributed by atoms with E-state index in [2.05, 4.69) is 0 Å². The summed E-state index contributed by atoms with van der Waals surface area (Å²) in [4.78, 5) is 11.2. The minimum Gasteiger partial charge on any atom is -0.495 e. The van der Waals surface area contributed by atoms with Crippen LogP contribution in [0.4, 0.5) is 0 Å². The van der Waals surface area contributed by atoms with Gasteiger partial charge in [-0.15, -0.1) is 0 Å². The molecule has 1 aliphatic rings. The second-order valence-electron chi connectivity index (χ2n) is 4.77. The van der Waals surface area contributed by atoms with Gasteiger partial charge in [-0.05, 0) is 37.5 Å². The molecule has 0 saturated carbocycles. The third kappa shape index (κ3) is 2.51. The van der Waals surface area contributed by atoms with Crippen molar-refractivity contribution >= 4 is 16.0 Å². The summed E-state index contributed by atoms with van der Waals surface area (Å²) in [6, 6.07) is 3.83. The summed E-state index contributed by atoms with van der Waals surface area (Å²) in [5, 5.41) is 9.14. The zero-order valence-corrected chi connectivity index (χ0v) is 12.2. The largest absolute Gasteiger partial charge is 0.495 e. The fourth-order valence-electron chi connectivity index (χ4n) is 2.39. The number of methoxy groups -OCH3 is 1. The fraction of sp³-hybridized carbons (Fsp3) is 0.462. The Morgan fingerprint density at radius 3 is 2.75 bits per heavy atom. The van der Waals surface area contributed by atoms with E-state index in [0.29, 0.717) is 12.8 Å². The second-order valence-corrected chi connectivity index (χ2v) is 6.63. The van der Waals surface area contributed by atoms with Crippen LogP contribution in [0.2, 0.25) is 0 Å². The van der Waals surface area contributed by atoms with Gasteiger partial charge in [0.25, 0.3) is 0 Å². The molecular formula is C13H17NO5S. The van der Waals surface area contributed by atoms with Crippen LogP contribution in [0.5, 0.6) is 5.75 Å². The van der Waals surface area contributed by atoms with Crippen LogP contribution < -0.4 is 4.74 Å². The van der Waals surface area contributed by atoms with E-state index < -0.39 is 22.0 Å². The molecule has 1 saturated heterocycles. The number of nitrogens with zero attached hydrogens (tertiary/aromatic N) is 1. The lowest BCUT2D eigenvalue weighted by atomic mass is 10.2. The lowest BCUT2D eigenvalue weighted by Crippen LogP contribution is -2.40. The van der Waals surface area contributed by atoms with Crippen molar-refractivity contribution in [3.63, 3.8) is 0 Å². The van der Waals surface area contributed by atoms with E-state index in [9.17, 15) is 13.2 Å². The van der Waals surface area contributed by atoms with Crippen LogP contribution in [0, 0.1) is 6.92 Å². The van der Waals surface area contributed by atoms with Crippen LogP contribution in [-0.4, -0.2) is 43.5 Å². The summed E-state index contributed by atoms with van der Waals surface area (Å²) < 4.78 is 31.5. The van der Waals surface area contributed by atoms with E-state index in [0.717, 1.165) is 9.87 Å². The van der Waals surface area contributed by atoms with E-state index in [4.69, 9.17) is 9.84 Å². The molecule has 1 aromatic carbocycles. The second kappa shape index (κ2) is 5.41. The smallest absolute Gasteiger partial charge is 0.322 e. The molecule has 110 valence electrons. The predicted molar refractivity (Wildman–Crippen MR) is 72.3 cm³/mol. The minimum absolute atomic E-state index is 0.0214. The maximum Gasteiger partial charge on any atom is 0.322 e. The molecule has 1 N–H and O–H groups in total. The average molecular weight is 299 g/mol. The van der Waals surface area contributed by atoms with Gasteiger partial charge in [0.1, 0.15) is 16.7 Å². The third-order valence-electron chi connectivity index (χ3n) is 3.39. The Hall–Kier alpha value is -1.60. The predicted octanol–water partition coefficient (Wildman–Crippen LogP) is 1.24. The van der Waals surface area contributed by atoms with Crippen molar-refractivity contribution in [1.29, 1.82) is 0 Å². The Kier molecular flexibility index (Phi) is 4.01. The van der Waals surface area contributed by atoms with Gasteiger partial charge in [0.15, 0.2) is 0 Å². The maximum absolute atomic E-state index is 12.7. The van der Waals surface area contributed by atoms with Crippen LogP contribution in [0.25, 0.3) is 0 Å². The van der Waals surface area contributed by atoms with Crippen LogP contribution in [0.15, 0.2) is 23.1 Å². The molecule has 1 atom stereocenters. The first-order chi connectivity index (χ1) is 9.37. The zero-order valence-electron chi connectivity index (χ0n) is 11.4. The van der Waals surface area contributed by atoms with Gasteiger partial charge in [-0.25, -0.2) is 8.42 Å². The van der Waals surface area contributed by atoms with Gasteiger partial charge < -0.3 is 9.84 Å². The number of benzene rings is 1. The van der Waals surface area contributed by atoms with E-state index in [1.54, 1.807) is 19.1 Å². The fourth-order valence-corrected chi connectivity index (χ4v) is 4.28. The van der Waals surface area contributed by atoms with E-state index in [-0.39, 0.29) is 17.2 Å². The lowest BCUT2D eigenvalue weighted by molar-refractivity contribution is -0.140. The molecule has 6 nitrogen and oxygen atoms in total. The summed E-state index contributed by atoms with van der Waals surface area (Å²) in [7, 11) is -2.48. The Morgan fingerprint density at radius 1 is 1.45 bits per heavy atom. The SMILES string of the molecule is COc1ccc(C)cc1S(=O)(=O)N1CCCC1C(=O)O. The minimum atomic E-state index is -3.87. The number of rotatable bonds is 4. The Labute approximate surface area is 118 Å². The highest BCUT2D eigenvalue weighted by Gasteiger charge is 2.40. The molecule has 1 heterocycles. The number of sulfonamides is 1. The van der Waals surface area contributed by atoms with Crippen molar-refractivity contribution in [3.05, 3.63) is 23.8 Å². The number of hydrogen-bond donors (Lipinski definition) is 1. The monoisotopic (exact) mass is 299 g/mol. The van der Waals surface area contributed by atoms with E-state index in [1.165, 1.54) is 13.2 Å². The molecule has 1 aromatic rings. The normalized spacial score (nSPS) is 20.0. The molecule has 2 rings (SSSR count). The zero-order chi connectivity index (χ0) is 14.9. The molecule has 1 fully saturated rings. The molecule has 0 aliphatic carbocycles. The maximum atomic E-state index is 12.7. The summed E-state index contributed by atoms with van der Waals surface area (Å²) in [5.41, 5.74) is 0.774. The van der Waals surface area contributed by atoms with Crippen molar-refractivity contribution < 1.29 is 23.1 Å². The molecule has 1 aliphatic heterocycles. The van der Waals surface area contributed by atoms with Gasteiger partial charge in [-0.3, -0.25) is 4.79 Å². The summed E-state index contributed by atoms with van der Waals surface area (Å²) in [5.74, 6) is -0.885. The van der Waals surface area contributed by atoms with Gasteiger partial charge in [0.05, 0.1) is 7.11 Å². The third-order valence-corrected chi connectivity index (χ3v) is 5.32. The number of aliphatic carboxylic acids is 1. The molecule has 0 bridgehead atoms. The van der Waals surface area contributed by atoms with E-state index >= 15 is 0 Å². The van der Waals surface area contributed by atoms with Gasteiger partial charge >= 0.3 is 5.97 Å². The first-order valence-electron chi connectivity index (χ1n) is 6.27. The molecule has 0 amide bonds. The number of carboxylic acid groups (broad SMARTS) is 1. The molecule has 7 heteroatoms. The van der Waals surface area contributed by atoms with Crippen LogP contribution in [0.3, 0.4) is 0 Å². The van der Waals surface area contributed by atoms with Gasteiger partial charge in [0.2, 0.25) is 10.0 Å². The van der Waals surface area contributed by atoms with Crippen LogP contribution in [0.1, 0.15) is 18.4 Å². The quantitative estimate of drug-likeness (QED) is 0.904. The van der Waals surface area contributed by atoms with Crippen molar-refractivity contribution in [2.24, 2.45) is 0 Å². The number of ether oxygens (including phenoxy) is 1. The highest BCUT2D eigenvalue weighted by atomic mass is 32.2. The lowest BCUT2D eigenvalue weighted by Gasteiger charge is -2.22. The standard InChI is InChI=1S/C13H17NO5S/c1-9-5-6-11(19-2)12(8-9)20(17,18)14-7-3-4-10(14)13(15)16/h5-6,8,10H,3-4,7H2,1-2H3,(H,15,16). The van der Waals surface area contributed by atoms with Gasteiger partial charge in [-0.1, -0.05) is 6.07 Å². The highest BCUT2D eigenvalue weighted by Crippen LogP contribution is 2.32. The topological polar surface area (TPSA) is 83.9 Å². The van der Waals surface area contributed by atoms with Crippen LogP contribution >= 0.6 is 0 Å². The van der Waals surface area contributed by atoms with Gasteiger partial charge in [0, 0.05) is 6.54 Å². The average Bonchev–Trinajstić information content (AvgIpc) is 2.88. The number of carboxylic acids is 1. The number of carbonyl (C=O) groups is 1. The highest BCUT2D eigenvalue weighted by molar-refractivity contribution is 7.89. The molecule has 20 heavy (non-hydrogen) atoms. The number of aryl methyl sites for hydroxylation is 1. The molecule has 1 unspecified atom stereocenters. The van der Waals surface area contributed by atoms with Crippen molar-refractivity contribution in [2.45, 2.75) is 30.7 Å². The van der Waals surface area contributed by atoms with Crippen LogP contribution in [-0.2, 0) is 14.8 Å². The molecule has 0 radical (unpaired) electrons. The first-order valence-corrected chi connectivity index (χ1v) is 7.71. The van der Waals surface area contributed by atoms with Crippen molar-refractivity contribution in [2.75, 3.05) is 13.7 Å². The van der Waals surface area contributed by atoms with Crippen molar-refractivity contribution in [3.8, 4) is 5.75 Å². The first kappa shape index (κ1) is 14.8. The Bertz CT molecular complexity index is 626.